The summed E-state index contributed by atoms with van der Waals surface area (Å²) < 4.78 is 51.2. The number of hydrogen-bond acceptors (Lipinski definition) is 1. The Hall–Kier alpha value is -1.65. The van der Waals surface area contributed by atoms with E-state index >= 15 is 0 Å². The molecule has 0 amide bonds. The minimum Gasteiger partial charge on any atom is -0.293 e. The molecule has 0 fully saturated rings. The molecule has 0 unspecified atom stereocenters. The lowest BCUT2D eigenvalue weighted by Gasteiger charge is -2.16. The summed E-state index contributed by atoms with van der Waals surface area (Å²) in [6.07, 6.45) is -1.10. The van der Waals surface area contributed by atoms with Crippen LogP contribution >= 0.6 is 0 Å². The number of alkyl halides is 3. The van der Waals surface area contributed by atoms with Gasteiger partial charge in [-0.1, -0.05) is 6.07 Å². The van der Waals surface area contributed by atoms with E-state index in [1.54, 1.807) is 0 Å². The Morgan fingerprint density at radius 2 is 1.94 bits per heavy atom. The zero-order chi connectivity index (χ0) is 12.5. The second-order valence-electron chi connectivity index (χ2n) is 3.68. The lowest BCUT2D eigenvalue weighted by atomic mass is 9.95. The van der Waals surface area contributed by atoms with E-state index in [0.717, 1.165) is 6.07 Å². The summed E-state index contributed by atoms with van der Waals surface area (Å²) in [7, 11) is 0. The van der Waals surface area contributed by atoms with E-state index in [-0.39, 0.29) is 5.56 Å². The summed E-state index contributed by atoms with van der Waals surface area (Å²) in [5, 5.41) is 0. The Kier molecular flexibility index (Phi) is 3.00. The average molecular weight is 243 g/mol. The molecule has 17 heavy (non-hydrogen) atoms. The topological polar surface area (TPSA) is 12.4 Å². The first-order chi connectivity index (χ1) is 7.98. The Balaban J connectivity index is 2.53. The quantitative estimate of drug-likeness (QED) is 0.667. The number of allylic oxidation sites excluding steroid dienone is 1. The van der Waals surface area contributed by atoms with Gasteiger partial charge in [0.25, 0.3) is 0 Å². The van der Waals surface area contributed by atoms with Crippen molar-refractivity contribution in [1.29, 1.82) is 0 Å². The van der Waals surface area contributed by atoms with Crippen molar-refractivity contribution >= 4 is 11.8 Å². The highest BCUT2D eigenvalue weighted by Crippen LogP contribution is 2.36. The molecule has 1 aromatic carbocycles. The molecule has 90 valence electrons. The summed E-state index contributed by atoms with van der Waals surface area (Å²) in [6, 6.07) is 2.74. The van der Waals surface area contributed by atoms with Gasteiger partial charge in [0.05, 0.1) is 5.56 Å². The van der Waals surface area contributed by atoms with Gasteiger partial charge in [0.2, 0.25) is 0 Å². The van der Waals surface area contributed by atoms with E-state index in [1.807, 2.05) is 0 Å². The molecule has 0 spiro atoms. The fourth-order valence-corrected chi connectivity index (χ4v) is 1.74. The van der Waals surface area contributed by atoms with E-state index in [0.29, 0.717) is 24.6 Å². The summed E-state index contributed by atoms with van der Waals surface area (Å²) in [6.45, 7) is 0.459. The van der Waals surface area contributed by atoms with Crippen molar-refractivity contribution in [3.63, 3.8) is 0 Å². The van der Waals surface area contributed by atoms with Crippen molar-refractivity contribution in [3.8, 4) is 0 Å². The maximum atomic E-state index is 12.9. The number of dihydropyridines is 1. The van der Waals surface area contributed by atoms with E-state index in [9.17, 15) is 17.6 Å². The van der Waals surface area contributed by atoms with Crippen LogP contribution in [0.4, 0.5) is 17.6 Å². The predicted molar refractivity (Wildman–Crippen MR) is 57.4 cm³/mol. The average Bonchev–Trinajstić information content (AvgIpc) is 2.29. The van der Waals surface area contributed by atoms with Crippen molar-refractivity contribution in [2.24, 2.45) is 4.99 Å². The molecule has 1 aliphatic rings. The first-order valence-corrected chi connectivity index (χ1v) is 5.04. The first-order valence-electron chi connectivity index (χ1n) is 5.04. The summed E-state index contributed by atoms with van der Waals surface area (Å²) in [5.74, 6) is -0.883. The third-order valence-corrected chi connectivity index (χ3v) is 2.52. The van der Waals surface area contributed by atoms with Crippen LogP contribution in [0.25, 0.3) is 5.57 Å². The maximum Gasteiger partial charge on any atom is 0.417 e. The molecule has 0 saturated heterocycles. The molecule has 0 N–H and O–H groups in total. The molecule has 2 rings (SSSR count). The molecular weight excluding hydrogens is 234 g/mol. The summed E-state index contributed by atoms with van der Waals surface area (Å²) in [5.41, 5.74) is -0.364. The largest absolute Gasteiger partial charge is 0.417 e. The Labute approximate surface area is 95.5 Å². The number of halogens is 4. The van der Waals surface area contributed by atoms with Gasteiger partial charge in [-0.15, -0.1) is 0 Å². The van der Waals surface area contributed by atoms with Crippen molar-refractivity contribution < 1.29 is 17.6 Å². The van der Waals surface area contributed by atoms with Gasteiger partial charge < -0.3 is 0 Å². The summed E-state index contributed by atoms with van der Waals surface area (Å²) >= 11 is 0. The third kappa shape index (κ3) is 2.54. The molecule has 0 radical (unpaired) electrons. The lowest BCUT2D eigenvalue weighted by Crippen LogP contribution is -2.10. The van der Waals surface area contributed by atoms with Crippen LogP contribution in [0.3, 0.4) is 0 Å². The van der Waals surface area contributed by atoms with Gasteiger partial charge in [-0.3, -0.25) is 4.99 Å². The minimum atomic E-state index is -4.55. The van der Waals surface area contributed by atoms with E-state index in [2.05, 4.69) is 4.99 Å². The maximum absolute atomic E-state index is 12.9. The fraction of sp³-hybridized carbons (Fsp3) is 0.250. The highest BCUT2D eigenvalue weighted by atomic mass is 19.4. The van der Waals surface area contributed by atoms with Gasteiger partial charge in [0.15, 0.2) is 0 Å². The zero-order valence-corrected chi connectivity index (χ0v) is 8.76. The lowest BCUT2D eigenvalue weighted by molar-refractivity contribution is -0.138. The van der Waals surface area contributed by atoms with Crippen molar-refractivity contribution in [1.82, 2.24) is 0 Å². The standard InChI is InChI=1S/C12H9F4N/c13-9-1-2-10(8-3-5-17-6-4-8)11(7-9)12(14,15)16/h1-3,5,7H,4,6H2. The number of aliphatic imine (C=N–C) groups is 1. The van der Waals surface area contributed by atoms with E-state index < -0.39 is 17.6 Å². The van der Waals surface area contributed by atoms with Crippen LogP contribution in [0.5, 0.6) is 0 Å². The third-order valence-electron chi connectivity index (χ3n) is 2.52. The Morgan fingerprint density at radius 3 is 2.53 bits per heavy atom. The fourth-order valence-electron chi connectivity index (χ4n) is 1.74. The van der Waals surface area contributed by atoms with Crippen molar-refractivity contribution in [3.05, 3.63) is 41.2 Å². The van der Waals surface area contributed by atoms with Crippen LogP contribution < -0.4 is 0 Å². The number of nitrogens with zero attached hydrogens (tertiary/aromatic N) is 1. The van der Waals surface area contributed by atoms with Crippen LogP contribution in [-0.2, 0) is 6.18 Å². The SMILES string of the molecule is Fc1ccc(C2=CC=NCC2)c(C(F)(F)F)c1. The molecule has 5 heteroatoms. The predicted octanol–water partition coefficient (Wildman–Crippen LogP) is 3.70. The molecule has 1 aliphatic heterocycles. The molecule has 1 heterocycles. The molecule has 1 aromatic rings. The van der Waals surface area contributed by atoms with Gasteiger partial charge in [0, 0.05) is 12.8 Å². The Bertz CT molecular complexity index is 486. The minimum absolute atomic E-state index is 0.0325. The van der Waals surface area contributed by atoms with E-state index in [4.69, 9.17) is 0 Å². The van der Waals surface area contributed by atoms with Crippen LogP contribution in [-0.4, -0.2) is 12.8 Å². The molecule has 0 aliphatic carbocycles. The van der Waals surface area contributed by atoms with Gasteiger partial charge in [0.1, 0.15) is 5.82 Å². The van der Waals surface area contributed by atoms with E-state index in [1.165, 1.54) is 18.4 Å². The molecule has 0 saturated carbocycles. The monoisotopic (exact) mass is 243 g/mol. The van der Waals surface area contributed by atoms with Crippen LogP contribution in [0, 0.1) is 5.82 Å². The molecule has 0 atom stereocenters. The second kappa shape index (κ2) is 4.31. The van der Waals surface area contributed by atoms with Gasteiger partial charge in [-0.2, -0.15) is 13.2 Å². The summed E-state index contributed by atoms with van der Waals surface area (Å²) in [4.78, 5) is 3.91. The molecule has 0 bridgehead atoms. The molecular formula is C12H9F4N. The number of hydrogen-bond donors (Lipinski definition) is 0. The van der Waals surface area contributed by atoms with Crippen molar-refractivity contribution in [2.75, 3.05) is 6.54 Å². The first kappa shape index (κ1) is 11.8. The highest BCUT2D eigenvalue weighted by molar-refractivity contribution is 5.87. The smallest absolute Gasteiger partial charge is 0.293 e. The van der Waals surface area contributed by atoms with Crippen LogP contribution in [0.2, 0.25) is 0 Å². The second-order valence-corrected chi connectivity index (χ2v) is 3.68. The van der Waals surface area contributed by atoms with Crippen molar-refractivity contribution in [2.45, 2.75) is 12.6 Å². The van der Waals surface area contributed by atoms with Crippen LogP contribution in [0.1, 0.15) is 17.5 Å². The number of rotatable bonds is 1. The van der Waals surface area contributed by atoms with Crippen LogP contribution in [0.15, 0.2) is 29.3 Å². The number of benzene rings is 1. The molecule has 0 aromatic heterocycles. The highest BCUT2D eigenvalue weighted by Gasteiger charge is 2.34. The van der Waals surface area contributed by atoms with Gasteiger partial charge in [-0.25, -0.2) is 4.39 Å². The Morgan fingerprint density at radius 1 is 1.18 bits per heavy atom. The van der Waals surface area contributed by atoms with Gasteiger partial charge in [-0.05, 0) is 35.8 Å². The van der Waals surface area contributed by atoms with Gasteiger partial charge >= 0.3 is 6.18 Å². The zero-order valence-electron chi connectivity index (χ0n) is 8.76. The molecule has 1 nitrogen and oxygen atoms in total. The normalized spacial score (nSPS) is 15.9.